The molecular formula is C28H34N4O6S2. The van der Waals surface area contributed by atoms with Crippen LogP contribution in [0.2, 0.25) is 0 Å². The Kier molecular flexibility index (Phi) is 9.56. The molecule has 3 N–H and O–H groups in total. The fraction of sp³-hybridized carbons (Fsp3) is 0.393. The Labute approximate surface area is 238 Å². The van der Waals surface area contributed by atoms with Crippen molar-refractivity contribution >= 4 is 49.2 Å². The van der Waals surface area contributed by atoms with Crippen molar-refractivity contribution in [3.8, 4) is 0 Å². The lowest BCUT2D eigenvalue weighted by Crippen LogP contribution is -2.59. The molecule has 3 amide bonds. The standard InChI is InChI=1S/C28H34N4O6S2/c1-19(2)16-22(29-26(34)25-17-20-8-6-7-11-24(20)39-25)27(35)31-12-14-32(15-13-31)28(36)23(18-33)30-40(37,38)21-9-4-3-5-10-21/h3-11,17,19,22-23,30,33H,12-16,18H2,1-2H3,(H,29,34)/t22-,23-/m0/s1. The first-order chi connectivity index (χ1) is 19.1. The van der Waals surface area contributed by atoms with Crippen LogP contribution in [-0.2, 0) is 19.6 Å². The zero-order valence-corrected chi connectivity index (χ0v) is 24.1. The number of amides is 3. The number of nitrogens with zero attached hydrogens (tertiary/aromatic N) is 2. The van der Waals surface area contributed by atoms with Gasteiger partial charge in [0.1, 0.15) is 12.1 Å². The number of fused-ring (bicyclic) bond motifs is 1. The summed E-state index contributed by atoms with van der Waals surface area (Å²) in [5.74, 6) is -0.933. The van der Waals surface area contributed by atoms with Gasteiger partial charge in [0.2, 0.25) is 21.8 Å². The number of sulfonamides is 1. The lowest BCUT2D eigenvalue weighted by molar-refractivity contribution is -0.142. The van der Waals surface area contributed by atoms with Gasteiger partial charge in [-0.25, -0.2) is 8.42 Å². The minimum Gasteiger partial charge on any atom is -0.394 e. The molecule has 3 aromatic rings. The van der Waals surface area contributed by atoms with E-state index in [4.69, 9.17) is 0 Å². The van der Waals surface area contributed by atoms with Crippen LogP contribution < -0.4 is 10.0 Å². The van der Waals surface area contributed by atoms with Crippen molar-refractivity contribution in [1.29, 1.82) is 0 Å². The van der Waals surface area contributed by atoms with Gasteiger partial charge in [-0.2, -0.15) is 4.72 Å². The van der Waals surface area contributed by atoms with Crippen molar-refractivity contribution in [2.24, 2.45) is 5.92 Å². The van der Waals surface area contributed by atoms with E-state index in [0.717, 1.165) is 10.1 Å². The second-order valence-corrected chi connectivity index (χ2v) is 12.9. The third-order valence-corrected chi connectivity index (χ3v) is 9.30. The number of hydrogen-bond acceptors (Lipinski definition) is 7. The Morgan fingerprint density at radius 1 is 0.900 bits per heavy atom. The molecule has 1 saturated heterocycles. The Morgan fingerprint density at radius 2 is 1.48 bits per heavy atom. The van der Waals surface area contributed by atoms with E-state index in [1.807, 2.05) is 44.2 Å². The summed E-state index contributed by atoms with van der Waals surface area (Å²) in [6.45, 7) is 4.05. The predicted molar refractivity (Wildman–Crippen MR) is 153 cm³/mol. The van der Waals surface area contributed by atoms with Crippen LogP contribution in [0.15, 0.2) is 65.6 Å². The molecule has 0 radical (unpaired) electrons. The molecule has 0 unspecified atom stereocenters. The van der Waals surface area contributed by atoms with E-state index in [1.165, 1.54) is 28.4 Å². The highest BCUT2D eigenvalue weighted by Gasteiger charge is 2.34. The Morgan fingerprint density at radius 3 is 2.05 bits per heavy atom. The molecule has 214 valence electrons. The average Bonchev–Trinajstić information content (AvgIpc) is 3.40. The van der Waals surface area contributed by atoms with Crippen LogP contribution in [0.25, 0.3) is 10.1 Å². The zero-order chi connectivity index (χ0) is 28.9. The predicted octanol–water partition coefficient (Wildman–Crippen LogP) is 2.06. The van der Waals surface area contributed by atoms with Crippen LogP contribution in [-0.4, -0.2) is 85.9 Å². The van der Waals surface area contributed by atoms with E-state index in [0.29, 0.717) is 11.3 Å². The maximum atomic E-state index is 13.5. The van der Waals surface area contributed by atoms with Gasteiger partial charge in [-0.3, -0.25) is 14.4 Å². The number of nitrogens with one attached hydrogen (secondary N) is 2. The molecule has 0 aliphatic carbocycles. The molecule has 1 aliphatic heterocycles. The molecule has 1 aliphatic rings. The Bertz CT molecular complexity index is 1420. The average molecular weight is 587 g/mol. The topological polar surface area (TPSA) is 136 Å². The first-order valence-corrected chi connectivity index (χ1v) is 15.4. The maximum Gasteiger partial charge on any atom is 0.262 e. The number of piperazine rings is 1. The summed E-state index contributed by atoms with van der Waals surface area (Å²) in [5, 5.41) is 13.7. The summed E-state index contributed by atoms with van der Waals surface area (Å²) in [5.41, 5.74) is 0. The highest BCUT2D eigenvalue weighted by Crippen LogP contribution is 2.25. The quantitative estimate of drug-likeness (QED) is 0.333. The SMILES string of the molecule is CC(C)C[C@H](NC(=O)c1cc2ccccc2s1)C(=O)N1CCN(C(=O)[C@H](CO)NS(=O)(=O)c2ccccc2)CC1. The Balaban J connectivity index is 1.37. The van der Waals surface area contributed by atoms with Crippen LogP contribution in [0, 0.1) is 5.92 Å². The fourth-order valence-corrected chi connectivity index (χ4v) is 6.79. The van der Waals surface area contributed by atoms with Crippen molar-refractivity contribution in [3.05, 3.63) is 65.5 Å². The molecule has 2 aromatic carbocycles. The van der Waals surface area contributed by atoms with E-state index in [-0.39, 0.29) is 48.8 Å². The fourth-order valence-electron chi connectivity index (χ4n) is 4.62. The number of benzene rings is 2. The first kappa shape index (κ1) is 29.7. The molecule has 0 bridgehead atoms. The number of rotatable bonds is 10. The second kappa shape index (κ2) is 12.9. The third kappa shape index (κ3) is 7.05. The minimum absolute atomic E-state index is 0.00875. The minimum atomic E-state index is -4.01. The van der Waals surface area contributed by atoms with Gasteiger partial charge < -0.3 is 20.2 Å². The van der Waals surface area contributed by atoms with E-state index in [2.05, 4.69) is 10.0 Å². The van der Waals surface area contributed by atoms with Crippen molar-refractivity contribution in [3.63, 3.8) is 0 Å². The number of aliphatic hydroxyl groups excluding tert-OH is 1. The summed E-state index contributed by atoms with van der Waals surface area (Å²) in [6.07, 6.45) is 0.461. The van der Waals surface area contributed by atoms with Gasteiger partial charge in [-0.1, -0.05) is 50.2 Å². The smallest absolute Gasteiger partial charge is 0.262 e. The van der Waals surface area contributed by atoms with Crippen LogP contribution in [0.3, 0.4) is 0 Å². The summed E-state index contributed by atoms with van der Waals surface area (Å²) in [6, 6.07) is 15.1. The van der Waals surface area contributed by atoms with Gasteiger partial charge in [0.05, 0.1) is 16.4 Å². The van der Waals surface area contributed by atoms with Gasteiger partial charge in [0, 0.05) is 30.9 Å². The summed E-state index contributed by atoms with van der Waals surface area (Å²) in [4.78, 5) is 43.1. The van der Waals surface area contributed by atoms with Gasteiger partial charge in [0.25, 0.3) is 5.91 Å². The molecule has 1 aromatic heterocycles. The molecule has 0 spiro atoms. The lowest BCUT2D eigenvalue weighted by Gasteiger charge is -2.38. The Hall–Kier alpha value is -3.32. The summed E-state index contributed by atoms with van der Waals surface area (Å²) in [7, 11) is -4.01. The van der Waals surface area contributed by atoms with Crippen molar-refractivity contribution in [2.75, 3.05) is 32.8 Å². The van der Waals surface area contributed by atoms with Crippen LogP contribution in [0.5, 0.6) is 0 Å². The number of thiophene rings is 1. The molecule has 0 saturated carbocycles. The summed E-state index contributed by atoms with van der Waals surface area (Å²) < 4.78 is 28.6. The van der Waals surface area contributed by atoms with Gasteiger partial charge in [0.15, 0.2) is 0 Å². The number of carbonyl (C=O) groups excluding carboxylic acids is 3. The second-order valence-electron chi connectivity index (χ2n) is 10.1. The van der Waals surface area contributed by atoms with Gasteiger partial charge >= 0.3 is 0 Å². The monoisotopic (exact) mass is 586 g/mol. The zero-order valence-electron chi connectivity index (χ0n) is 22.4. The maximum absolute atomic E-state index is 13.5. The number of carbonyl (C=O) groups is 3. The normalized spacial score (nSPS) is 15.7. The number of hydrogen-bond donors (Lipinski definition) is 3. The van der Waals surface area contributed by atoms with Crippen LogP contribution in [0.1, 0.15) is 29.9 Å². The van der Waals surface area contributed by atoms with E-state index in [1.54, 1.807) is 23.1 Å². The first-order valence-electron chi connectivity index (χ1n) is 13.1. The van der Waals surface area contributed by atoms with Crippen molar-refractivity contribution in [2.45, 2.75) is 37.2 Å². The van der Waals surface area contributed by atoms with Gasteiger partial charge in [-0.05, 0) is 42.0 Å². The molecule has 10 nitrogen and oxygen atoms in total. The largest absolute Gasteiger partial charge is 0.394 e. The van der Waals surface area contributed by atoms with E-state index < -0.39 is 34.6 Å². The molecule has 2 atom stereocenters. The molecule has 12 heteroatoms. The third-order valence-electron chi connectivity index (χ3n) is 6.69. The van der Waals surface area contributed by atoms with Crippen LogP contribution in [0.4, 0.5) is 0 Å². The molecular weight excluding hydrogens is 552 g/mol. The number of aliphatic hydroxyl groups is 1. The molecule has 1 fully saturated rings. The lowest BCUT2D eigenvalue weighted by atomic mass is 10.0. The van der Waals surface area contributed by atoms with E-state index >= 15 is 0 Å². The van der Waals surface area contributed by atoms with Gasteiger partial charge in [-0.15, -0.1) is 11.3 Å². The van der Waals surface area contributed by atoms with Crippen molar-refractivity contribution in [1.82, 2.24) is 19.8 Å². The van der Waals surface area contributed by atoms with Crippen LogP contribution >= 0.6 is 11.3 Å². The molecule has 40 heavy (non-hydrogen) atoms. The highest BCUT2D eigenvalue weighted by atomic mass is 32.2. The van der Waals surface area contributed by atoms with E-state index in [9.17, 15) is 27.9 Å². The summed E-state index contributed by atoms with van der Waals surface area (Å²) >= 11 is 1.37. The highest BCUT2D eigenvalue weighted by molar-refractivity contribution is 7.89. The van der Waals surface area contributed by atoms with Crippen molar-refractivity contribution < 1.29 is 27.9 Å². The molecule has 2 heterocycles. The molecule has 4 rings (SSSR count).